The minimum atomic E-state index is -3.42. The van der Waals surface area contributed by atoms with Crippen molar-refractivity contribution in [3.63, 3.8) is 0 Å². The Labute approximate surface area is 102 Å². The van der Waals surface area contributed by atoms with Gasteiger partial charge in [-0.3, -0.25) is 0 Å². The van der Waals surface area contributed by atoms with E-state index >= 15 is 0 Å². The van der Waals surface area contributed by atoms with Crippen LogP contribution in [-0.4, -0.2) is 15.0 Å². The molecule has 0 fully saturated rings. The molecular formula is C12H14N2O2S. The Morgan fingerprint density at radius 1 is 1.47 bits per heavy atom. The molecular weight excluding hydrogens is 236 g/mol. The molecule has 0 aromatic heterocycles. The van der Waals surface area contributed by atoms with Crippen molar-refractivity contribution >= 4 is 10.0 Å². The van der Waals surface area contributed by atoms with E-state index in [1.165, 1.54) is 0 Å². The first-order valence-electron chi connectivity index (χ1n) is 5.04. The summed E-state index contributed by atoms with van der Waals surface area (Å²) in [5, 5.41) is 8.85. The van der Waals surface area contributed by atoms with Crippen LogP contribution >= 0.6 is 0 Å². The van der Waals surface area contributed by atoms with Crippen molar-refractivity contribution in [2.75, 3.05) is 6.54 Å². The van der Waals surface area contributed by atoms with Crippen LogP contribution in [0.2, 0.25) is 0 Å². The Balaban J connectivity index is 2.84. The molecule has 5 heteroatoms. The third kappa shape index (κ3) is 4.39. The molecule has 0 atom stereocenters. The van der Waals surface area contributed by atoms with Gasteiger partial charge < -0.3 is 0 Å². The predicted molar refractivity (Wildman–Crippen MR) is 66.6 cm³/mol. The maximum atomic E-state index is 11.7. The lowest BCUT2D eigenvalue weighted by Gasteiger charge is -2.07. The maximum Gasteiger partial charge on any atom is 0.216 e. The Kier molecular flexibility index (Phi) is 4.44. The van der Waals surface area contributed by atoms with Crippen LogP contribution in [-0.2, 0) is 15.8 Å². The van der Waals surface area contributed by atoms with Gasteiger partial charge in [0.05, 0.1) is 17.4 Å². The molecule has 1 aromatic rings. The molecule has 0 saturated carbocycles. The molecule has 17 heavy (non-hydrogen) atoms. The normalized spacial score (nSPS) is 10.8. The van der Waals surface area contributed by atoms with Gasteiger partial charge in [-0.05, 0) is 18.6 Å². The predicted octanol–water partition coefficient (Wildman–Crippen LogP) is 1.55. The van der Waals surface area contributed by atoms with Gasteiger partial charge in [-0.15, -0.1) is 0 Å². The second-order valence-electron chi connectivity index (χ2n) is 3.81. The molecule has 90 valence electrons. The van der Waals surface area contributed by atoms with Crippen LogP contribution in [0, 0.1) is 11.3 Å². The number of sulfonamides is 1. The zero-order valence-corrected chi connectivity index (χ0v) is 10.4. The molecule has 1 N–H and O–H groups in total. The lowest BCUT2D eigenvalue weighted by atomic mass is 10.1. The summed E-state index contributed by atoms with van der Waals surface area (Å²) in [6.45, 7) is 5.58. The van der Waals surface area contributed by atoms with Crippen molar-refractivity contribution in [3.05, 3.63) is 47.5 Å². The molecule has 0 spiro atoms. The van der Waals surface area contributed by atoms with Gasteiger partial charge in [-0.1, -0.05) is 30.4 Å². The van der Waals surface area contributed by atoms with Gasteiger partial charge in [0, 0.05) is 6.54 Å². The van der Waals surface area contributed by atoms with E-state index in [9.17, 15) is 8.42 Å². The maximum absolute atomic E-state index is 11.7. The molecule has 1 aromatic carbocycles. The van der Waals surface area contributed by atoms with Crippen molar-refractivity contribution in [2.24, 2.45) is 0 Å². The summed E-state index contributed by atoms with van der Waals surface area (Å²) in [4.78, 5) is 0. The third-order valence-corrected chi connectivity index (χ3v) is 3.35. The SMILES string of the molecule is C=C(C)CNS(=O)(=O)Cc1ccccc1C#N. The number of rotatable bonds is 5. The molecule has 4 nitrogen and oxygen atoms in total. The number of hydrogen-bond acceptors (Lipinski definition) is 3. The molecule has 1 rings (SSSR count). The molecule has 0 heterocycles. The van der Waals surface area contributed by atoms with E-state index in [-0.39, 0.29) is 12.3 Å². The molecule has 0 radical (unpaired) electrons. The lowest BCUT2D eigenvalue weighted by Crippen LogP contribution is -2.26. The highest BCUT2D eigenvalue weighted by molar-refractivity contribution is 7.88. The molecule has 0 aliphatic rings. The highest BCUT2D eigenvalue weighted by Crippen LogP contribution is 2.10. The largest absolute Gasteiger partial charge is 0.216 e. The fraction of sp³-hybridized carbons (Fsp3) is 0.250. The van der Waals surface area contributed by atoms with Crippen molar-refractivity contribution in [1.29, 1.82) is 5.26 Å². The summed E-state index contributed by atoms with van der Waals surface area (Å²) in [7, 11) is -3.42. The number of nitrogens with zero attached hydrogens (tertiary/aromatic N) is 1. The molecule has 0 aliphatic carbocycles. The van der Waals surface area contributed by atoms with E-state index in [1.54, 1.807) is 31.2 Å². The van der Waals surface area contributed by atoms with Crippen molar-refractivity contribution in [1.82, 2.24) is 4.72 Å². The second-order valence-corrected chi connectivity index (χ2v) is 5.61. The number of nitriles is 1. The Bertz CT molecular complexity index is 556. The van der Waals surface area contributed by atoms with E-state index in [4.69, 9.17) is 5.26 Å². The molecule has 0 amide bonds. The van der Waals surface area contributed by atoms with Gasteiger partial charge in [-0.2, -0.15) is 5.26 Å². The van der Waals surface area contributed by atoms with Crippen LogP contribution in [0.4, 0.5) is 0 Å². The Morgan fingerprint density at radius 2 is 2.12 bits per heavy atom. The fourth-order valence-electron chi connectivity index (χ4n) is 1.24. The fourth-order valence-corrected chi connectivity index (χ4v) is 2.47. The first-order chi connectivity index (χ1) is 7.94. The minimum absolute atomic E-state index is 0.190. The topological polar surface area (TPSA) is 70.0 Å². The van der Waals surface area contributed by atoms with Crippen molar-refractivity contribution in [2.45, 2.75) is 12.7 Å². The minimum Gasteiger partial charge on any atom is -0.212 e. The van der Waals surface area contributed by atoms with E-state index in [0.717, 1.165) is 5.57 Å². The summed E-state index contributed by atoms with van der Waals surface area (Å²) < 4.78 is 25.8. The van der Waals surface area contributed by atoms with Crippen LogP contribution in [0.1, 0.15) is 18.1 Å². The van der Waals surface area contributed by atoms with Crippen LogP contribution in [0.25, 0.3) is 0 Å². The van der Waals surface area contributed by atoms with Crippen molar-refractivity contribution in [3.8, 4) is 6.07 Å². The highest BCUT2D eigenvalue weighted by atomic mass is 32.2. The van der Waals surface area contributed by atoms with Gasteiger partial charge in [0.2, 0.25) is 10.0 Å². The lowest BCUT2D eigenvalue weighted by molar-refractivity contribution is 0.584. The number of benzene rings is 1. The average Bonchev–Trinajstić information content (AvgIpc) is 2.27. The summed E-state index contributed by atoms with van der Waals surface area (Å²) in [5.41, 5.74) is 1.62. The molecule has 0 aliphatic heterocycles. The monoisotopic (exact) mass is 250 g/mol. The van der Waals surface area contributed by atoms with E-state index in [0.29, 0.717) is 11.1 Å². The first kappa shape index (κ1) is 13.4. The number of hydrogen-bond donors (Lipinski definition) is 1. The average molecular weight is 250 g/mol. The van der Waals surface area contributed by atoms with E-state index < -0.39 is 10.0 Å². The first-order valence-corrected chi connectivity index (χ1v) is 6.69. The quantitative estimate of drug-likeness (QED) is 0.806. The number of nitrogens with one attached hydrogen (secondary N) is 1. The van der Waals surface area contributed by atoms with Gasteiger partial charge in [0.25, 0.3) is 0 Å². The second kappa shape index (κ2) is 5.62. The van der Waals surface area contributed by atoms with Gasteiger partial charge in [0.15, 0.2) is 0 Å². The smallest absolute Gasteiger partial charge is 0.212 e. The highest BCUT2D eigenvalue weighted by Gasteiger charge is 2.13. The molecule has 0 unspecified atom stereocenters. The Hall–Kier alpha value is -1.64. The summed E-state index contributed by atoms with van der Waals surface area (Å²) in [5.74, 6) is -0.190. The van der Waals surface area contributed by atoms with E-state index in [1.807, 2.05) is 6.07 Å². The van der Waals surface area contributed by atoms with Crippen LogP contribution in [0.5, 0.6) is 0 Å². The standard InChI is InChI=1S/C12H14N2O2S/c1-10(2)8-14-17(15,16)9-12-6-4-3-5-11(12)7-13/h3-6,14H,1,8-9H2,2H3. The zero-order chi connectivity index (χ0) is 12.9. The summed E-state index contributed by atoms with van der Waals surface area (Å²) in [6, 6.07) is 8.63. The van der Waals surface area contributed by atoms with Crippen LogP contribution in [0.15, 0.2) is 36.4 Å². The molecule has 0 bridgehead atoms. The van der Waals surface area contributed by atoms with Crippen molar-refractivity contribution < 1.29 is 8.42 Å². The Morgan fingerprint density at radius 3 is 2.71 bits per heavy atom. The van der Waals surface area contributed by atoms with Gasteiger partial charge in [0.1, 0.15) is 0 Å². The summed E-state index contributed by atoms with van der Waals surface area (Å²) >= 11 is 0. The molecule has 0 saturated heterocycles. The van der Waals surface area contributed by atoms with Crippen LogP contribution < -0.4 is 4.72 Å². The van der Waals surface area contributed by atoms with Gasteiger partial charge >= 0.3 is 0 Å². The van der Waals surface area contributed by atoms with E-state index in [2.05, 4.69) is 11.3 Å². The summed E-state index contributed by atoms with van der Waals surface area (Å²) in [6.07, 6.45) is 0. The third-order valence-electron chi connectivity index (χ3n) is 2.08. The van der Waals surface area contributed by atoms with Gasteiger partial charge in [-0.25, -0.2) is 13.1 Å². The zero-order valence-electron chi connectivity index (χ0n) is 9.60. The van der Waals surface area contributed by atoms with Crippen LogP contribution in [0.3, 0.4) is 0 Å².